The van der Waals surface area contributed by atoms with Gasteiger partial charge in [0.15, 0.2) is 5.78 Å². The van der Waals surface area contributed by atoms with E-state index in [1.54, 1.807) is 6.07 Å². The van der Waals surface area contributed by atoms with Gasteiger partial charge in [0.05, 0.1) is 5.69 Å². The van der Waals surface area contributed by atoms with Gasteiger partial charge in [-0.2, -0.15) is 0 Å². The first-order valence-electron chi connectivity index (χ1n) is 11.0. The first kappa shape index (κ1) is 19.8. The van der Waals surface area contributed by atoms with E-state index < -0.39 is 0 Å². The minimum atomic E-state index is 0.0589. The lowest BCUT2D eigenvalue weighted by Gasteiger charge is -2.39. The summed E-state index contributed by atoms with van der Waals surface area (Å²) in [6.07, 6.45) is 3.78. The number of hydrogen-bond donors (Lipinski definition) is 2. The maximum atomic E-state index is 12.5. The molecule has 5 rings (SSSR count). The number of rotatable bonds is 5. The predicted octanol–water partition coefficient (Wildman–Crippen LogP) is 4.11. The number of hydrogen-bond acceptors (Lipinski definition) is 6. The molecule has 0 radical (unpaired) electrons. The summed E-state index contributed by atoms with van der Waals surface area (Å²) in [6.45, 7) is 4.30. The van der Waals surface area contributed by atoms with Crippen molar-refractivity contribution in [2.45, 2.75) is 42.5 Å². The number of carbonyl (C=O) groups excluding carboxylic acids is 1. The molecule has 0 aromatic heterocycles. The summed E-state index contributed by atoms with van der Waals surface area (Å²) in [5.41, 5.74) is 9.82. The minimum Gasteiger partial charge on any atom is -0.508 e. The average Bonchev–Trinajstić information content (AvgIpc) is 2.89. The number of thioether (sulfide) groups is 1. The Morgan fingerprint density at radius 3 is 3.00 bits per heavy atom. The lowest BCUT2D eigenvalue weighted by Crippen LogP contribution is -2.46. The van der Waals surface area contributed by atoms with Crippen LogP contribution in [0.3, 0.4) is 0 Å². The number of phenolic OH excluding ortho intramolecular Hbond substituents is 1. The number of benzene rings is 2. The molecule has 158 valence electrons. The Hall–Kier alpha value is -2.18. The number of para-hydroxylation sites is 1. The maximum absolute atomic E-state index is 12.5. The number of fused-ring (bicyclic) bond motifs is 3. The molecule has 0 bridgehead atoms. The summed E-state index contributed by atoms with van der Waals surface area (Å²) in [5, 5.41) is 9.48. The highest BCUT2D eigenvalue weighted by atomic mass is 32.2. The third kappa shape index (κ3) is 3.56. The first-order chi connectivity index (χ1) is 14.6. The van der Waals surface area contributed by atoms with Crippen molar-refractivity contribution in [1.29, 1.82) is 0 Å². The van der Waals surface area contributed by atoms with Gasteiger partial charge >= 0.3 is 0 Å². The number of Topliss-reactive ketones (excluding diaryl/α,β-unsaturated/α-hetero) is 1. The highest BCUT2D eigenvalue weighted by Gasteiger charge is 2.43. The highest BCUT2D eigenvalue weighted by molar-refractivity contribution is 7.99. The van der Waals surface area contributed by atoms with E-state index in [9.17, 15) is 9.90 Å². The molecule has 2 aromatic rings. The van der Waals surface area contributed by atoms with Gasteiger partial charge in [0.1, 0.15) is 5.75 Å². The molecular weight excluding hydrogens is 394 g/mol. The van der Waals surface area contributed by atoms with Crippen LogP contribution in [0.1, 0.15) is 47.5 Å². The van der Waals surface area contributed by atoms with E-state index in [4.69, 9.17) is 5.73 Å². The van der Waals surface area contributed by atoms with E-state index >= 15 is 0 Å². The molecule has 1 saturated heterocycles. The van der Waals surface area contributed by atoms with Crippen molar-refractivity contribution in [3.63, 3.8) is 0 Å². The molecule has 2 aromatic carbocycles. The number of aromatic hydroxyl groups is 1. The first-order valence-corrected chi connectivity index (χ1v) is 12.0. The highest BCUT2D eigenvalue weighted by Crippen LogP contribution is 2.50. The van der Waals surface area contributed by atoms with E-state index in [1.807, 2.05) is 11.8 Å². The van der Waals surface area contributed by atoms with E-state index in [0.717, 1.165) is 26.1 Å². The van der Waals surface area contributed by atoms with Crippen molar-refractivity contribution in [2.75, 3.05) is 42.6 Å². The zero-order chi connectivity index (χ0) is 20.7. The maximum Gasteiger partial charge on any atom is 0.164 e. The zero-order valence-corrected chi connectivity index (χ0v) is 18.0. The second-order valence-electron chi connectivity index (χ2n) is 8.65. The molecule has 5 nitrogen and oxygen atoms in total. The van der Waals surface area contributed by atoms with Crippen LogP contribution < -0.4 is 10.6 Å². The second kappa shape index (κ2) is 8.16. The van der Waals surface area contributed by atoms with Gasteiger partial charge < -0.3 is 20.6 Å². The Morgan fingerprint density at radius 1 is 1.23 bits per heavy atom. The summed E-state index contributed by atoms with van der Waals surface area (Å²) in [6, 6.07) is 12.1. The topological polar surface area (TPSA) is 69.8 Å². The molecule has 0 aliphatic carbocycles. The van der Waals surface area contributed by atoms with Gasteiger partial charge in [0, 0.05) is 60.2 Å². The average molecular weight is 424 g/mol. The van der Waals surface area contributed by atoms with Crippen LogP contribution in [-0.4, -0.2) is 53.8 Å². The van der Waals surface area contributed by atoms with Crippen molar-refractivity contribution in [1.82, 2.24) is 4.90 Å². The van der Waals surface area contributed by atoms with Crippen LogP contribution in [0.15, 0.2) is 41.3 Å². The quantitative estimate of drug-likeness (QED) is 0.557. The Balaban J connectivity index is 1.22. The van der Waals surface area contributed by atoms with Crippen LogP contribution in [0.2, 0.25) is 0 Å². The van der Waals surface area contributed by atoms with Gasteiger partial charge in [-0.05, 0) is 55.3 Å². The van der Waals surface area contributed by atoms with Crippen LogP contribution in [-0.2, 0) is 0 Å². The molecule has 0 amide bonds. The molecule has 6 heteroatoms. The van der Waals surface area contributed by atoms with Crippen molar-refractivity contribution >= 4 is 28.9 Å². The number of nitrogen functional groups attached to an aromatic ring is 1. The van der Waals surface area contributed by atoms with E-state index in [0.29, 0.717) is 29.6 Å². The van der Waals surface area contributed by atoms with Gasteiger partial charge in [-0.1, -0.05) is 12.1 Å². The van der Waals surface area contributed by atoms with Gasteiger partial charge in [0.25, 0.3) is 0 Å². The number of likely N-dealkylation sites (tertiary alicyclic amines) is 1. The van der Waals surface area contributed by atoms with Gasteiger partial charge in [-0.15, -0.1) is 11.8 Å². The summed E-state index contributed by atoms with van der Waals surface area (Å²) >= 11 is 2.01. The van der Waals surface area contributed by atoms with Crippen molar-refractivity contribution in [3.05, 3.63) is 47.5 Å². The fourth-order valence-electron chi connectivity index (χ4n) is 5.41. The minimum absolute atomic E-state index is 0.0589. The monoisotopic (exact) mass is 423 g/mol. The number of anilines is 2. The summed E-state index contributed by atoms with van der Waals surface area (Å²) in [4.78, 5) is 19.2. The predicted molar refractivity (Wildman–Crippen MR) is 123 cm³/mol. The largest absolute Gasteiger partial charge is 0.508 e. The second-order valence-corrected chi connectivity index (χ2v) is 9.79. The normalized spacial score (nSPS) is 23.0. The summed E-state index contributed by atoms with van der Waals surface area (Å²) in [7, 11) is 0. The number of phenols is 1. The van der Waals surface area contributed by atoms with Gasteiger partial charge in [-0.3, -0.25) is 4.79 Å². The molecule has 3 heterocycles. The Bertz CT molecular complexity index is 963. The molecule has 30 heavy (non-hydrogen) atoms. The van der Waals surface area contributed by atoms with Gasteiger partial charge in [-0.25, -0.2) is 0 Å². The van der Waals surface area contributed by atoms with Crippen molar-refractivity contribution < 1.29 is 9.90 Å². The molecule has 0 spiro atoms. The number of nitrogens with zero attached hydrogens (tertiary/aromatic N) is 2. The molecule has 0 unspecified atom stereocenters. The zero-order valence-electron chi connectivity index (χ0n) is 17.2. The fourth-order valence-corrected chi connectivity index (χ4v) is 6.45. The Labute approximate surface area is 182 Å². The lowest BCUT2D eigenvalue weighted by atomic mass is 9.89. The van der Waals surface area contributed by atoms with Gasteiger partial charge in [0.2, 0.25) is 0 Å². The van der Waals surface area contributed by atoms with E-state index in [2.05, 4.69) is 28.0 Å². The number of ketones is 1. The van der Waals surface area contributed by atoms with Crippen molar-refractivity contribution in [3.8, 4) is 5.75 Å². The standard InChI is InChI=1S/C24H29N3O2S/c25-20-14-16(28)7-8-18(20)22(29)5-2-10-26-12-9-21-19(15-26)17-4-1-6-23-24(17)27(21)11-3-13-30-23/h1,4,6-8,14,19,21,28H,2-3,5,9-13,15,25H2/t19-,21-/m0/s1. The van der Waals surface area contributed by atoms with Crippen molar-refractivity contribution in [2.24, 2.45) is 0 Å². The van der Waals surface area contributed by atoms with Crippen LogP contribution in [0.25, 0.3) is 0 Å². The summed E-state index contributed by atoms with van der Waals surface area (Å²) < 4.78 is 0. The molecule has 1 fully saturated rings. The van der Waals surface area contributed by atoms with E-state index in [-0.39, 0.29) is 11.5 Å². The molecule has 0 saturated carbocycles. The molecular formula is C24H29N3O2S. The van der Waals surface area contributed by atoms with Crippen LogP contribution in [0, 0.1) is 0 Å². The molecule has 3 N–H and O–H groups in total. The number of piperidine rings is 1. The third-order valence-electron chi connectivity index (χ3n) is 6.79. The van der Waals surface area contributed by atoms with Crippen LogP contribution >= 0.6 is 11.8 Å². The molecule has 2 atom stereocenters. The summed E-state index contributed by atoms with van der Waals surface area (Å²) in [5.74, 6) is 1.95. The smallest absolute Gasteiger partial charge is 0.164 e. The SMILES string of the molecule is Nc1cc(O)ccc1C(=O)CCCN1CC[C@H]2[C@@H](C1)c1cccc3c1N2CCCS3. The molecule has 3 aliphatic rings. The van der Waals surface area contributed by atoms with Crippen LogP contribution in [0.5, 0.6) is 5.75 Å². The number of nitrogens with two attached hydrogens (primary N) is 1. The van der Waals surface area contributed by atoms with Crippen LogP contribution in [0.4, 0.5) is 11.4 Å². The Kier molecular flexibility index (Phi) is 5.37. The number of carbonyl (C=O) groups is 1. The Morgan fingerprint density at radius 2 is 2.13 bits per heavy atom. The van der Waals surface area contributed by atoms with E-state index in [1.165, 1.54) is 53.4 Å². The molecule has 3 aliphatic heterocycles. The fraction of sp³-hybridized carbons (Fsp3) is 0.458. The third-order valence-corrected chi connectivity index (χ3v) is 7.93. The lowest BCUT2D eigenvalue weighted by molar-refractivity contribution is 0.0972.